The smallest absolute Gasteiger partial charge is 0.411 e. The largest absolute Gasteiger partial charge is 0.497 e. The highest BCUT2D eigenvalue weighted by Crippen LogP contribution is 2.51. The fourth-order valence-electron chi connectivity index (χ4n) is 6.76. The van der Waals surface area contributed by atoms with E-state index in [1.54, 1.807) is 29.2 Å². The number of hydrogen-bond acceptors (Lipinski definition) is 10. The number of methoxy groups -OCH3 is 3. The lowest BCUT2D eigenvalue weighted by Gasteiger charge is -2.42. The van der Waals surface area contributed by atoms with Crippen molar-refractivity contribution in [2.45, 2.75) is 29.4 Å². The molecule has 0 aromatic heterocycles. The van der Waals surface area contributed by atoms with Crippen molar-refractivity contribution < 1.29 is 37.0 Å². The van der Waals surface area contributed by atoms with E-state index in [-0.39, 0.29) is 57.3 Å². The molecule has 2 saturated heterocycles. The Morgan fingerprint density at radius 3 is 2.14 bits per heavy atom. The third kappa shape index (κ3) is 7.04. The first-order chi connectivity index (χ1) is 23.0. The highest BCUT2D eigenvalue weighted by atomic mass is 35.5. The lowest BCUT2D eigenvalue weighted by Crippen LogP contribution is -2.55. The van der Waals surface area contributed by atoms with Gasteiger partial charge in [0.25, 0.3) is 15.9 Å². The Labute approximate surface area is 310 Å². The van der Waals surface area contributed by atoms with Crippen LogP contribution in [0.25, 0.3) is 0 Å². The van der Waals surface area contributed by atoms with E-state index in [9.17, 15) is 18.0 Å². The molecule has 0 bridgehead atoms. The van der Waals surface area contributed by atoms with Gasteiger partial charge in [0.2, 0.25) is 5.60 Å². The van der Waals surface area contributed by atoms with Gasteiger partial charge in [-0.05, 0) is 75.4 Å². The maximum Gasteiger partial charge on any atom is 0.411 e. The number of anilines is 1. The number of fused-ring (bicyclic) bond motifs is 1. The highest BCUT2D eigenvalue weighted by molar-refractivity contribution is 7.93. The molecule has 3 aliphatic heterocycles. The number of sulfonamides is 1. The van der Waals surface area contributed by atoms with Gasteiger partial charge >= 0.3 is 6.09 Å². The molecule has 12 nitrogen and oxygen atoms in total. The van der Waals surface area contributed by atoms with Gasteiger partial charge in [-0.25, -0.2) is 13.2 Å². The normalized spacial score (nSPS) is 20.0. The number of carbonyl (C=O) groups excluding carboxylic acids is 2. The first kappa shape index (κ1) is 39.3. The van der Waals surface area contributed by atoms with Gasteiger partial charge < -0.3 is 28.7 Å². The molecule has 6 rings (SSSR count). The summed E-state index contributed by atoms with van der Waals surface area (Å²) in [7, 11) is 1.71. The zero-order valence-corrected chi connectivity index (χ0v) is 31.4. The predicted molar refractivity (Wildman–Crippen MR) is 194 cm³/mol. The number of hydrogen-bond donors (Lipinski definition) is 0. The molecule has 3 aromatic rings. The minimum Gasteiger partial charge on any atom is -0.497 e. The summed E-state index contributed by atoms with van der Waals surface area (Å²) in [6.07, 6.45) is 1.38. The van der Waals surface area contributed by atoms with E-state index >= 15 is 0 Å². The van der Waals surface area contributed by atoms with Crippen molar-refractivity contribution in [1.29, 1.82) is 0 Å². The number of amides is 2. The molecule has 3 aromatic carbocycles. The van der Waals surface area contributed by atoms with Crippen molar-refractivity contribution in [1.82, 2.24) is 14.7 Å². The zero-order chi connectivity index (χ0) is 34.2. The number of likely N-dealkylation sites (tertiary alicyclic amines) is 1. The molecule has 0 N–H and O–H groups in total. The van der Waals surface area contributed by atoms with Crippen molar-refractivity contribution >= 4 is 64.1 Å². The Morgan fingerprint density at radius 1 is 0.840 bits per heavy atom. The fourth-order valence-corrected chi connectivity index (χ4v) is 8.53. The van der Waals surface area contributed by atoms with Gasteiger partial charge in [-0.15, -0.1) is 24.8 Å². The average Bonchev–Trinajstić information content (AvgIpc) is 3.35. The summed E-state index contributed by atoms with van der Waals surface area (Å²) in [5.41, 5.74) is -1.93. The van der Waals surface area contributed by atoms with Gasteiger partial charge in [-0.3, -0.25) is 9.69 Å². The van der Waals surface area contributed by atoms with Gasteiger partial charge in [0.05, 0.1) is 27.0 Å². The number of piperidine rings is 1. The molecule has 2 fully saturated rings. The molecule has 0 saturated carbocycles. The Kier molecular flexibility index (Phi) is 12.5. The number of ether oxygens (including phenoxy) is 4. The summed E-state index contributed by atoms with van der Waals surface area (Å²) in [6, 6.07) is 15.5. The average molecular weight is 772 g/mol. The minimum atomic E-state index is -4.65. The van der Waals surface area contributed by atoms with E-state index < -0.39 is 27.6 Å². The summed E-state index contributed by atoms with van der Waals surface area (Å²) in [5.74, 6) is -0.300. The lowest BCUT2D eigenvalue weighted by atomic mass is 9.87. The van der Waals surface area contributed by atoms with E-state index in [0.717, 1.165) is 25.9 Å². The van der Waals surface area contributed by atoms with E-state index in [4.69, 9.17) is 30.5 Å². The van der Waals surface area contributed by atoms with Crippen LogP contribution in [0.1, 0.15) is 24.0 Å². The van der Waals surface area contributed by atoms with Crippen LogP contribution in [-0.2, 0) is 25.2 Å². The van der Waals surface area contributed by atoms with Crippen molar-refractivity contribution in [3.8, 4) is 17.2 Å². The Morgan fingerprint density at radius 2 is 1.50 bits per heavy atom. The number of piperazine rings is 1. The second-order valence-electron chi connectivity index (χ2n) is 12.1. The van der Waals surface area contributed by atoms with Crippen LogP contribution in [0.3, 0.4) is 0 Å². The fraction of sp³-hybridized carbons (Fsp3) is 0.412. The third-order valence-corrected chi connectivity index (χ3v) is 11.4. The Hall–Kier alpha value is -3.46. The zero-order valence-electron chi connectivity index (χ0n) is 28.2. The molecule has 0 spiro atoms. The molecule has 1 atom stereocenters. The first-order valence-corrected chi connectivity index (χ1v) is 17.5. The third-order valence-electron chi connectivity index (χ3n) is 9.42. The van der Waals surface area contributed by atoms with Crippen LogP contribution in [0, 0.1) is 0 Å². The first-order valence-electron chi connectivity index (χ1n) is 15.7. The monoisotopic (exact) mass is 770 g/mol. The number of carbonyl (C=O) groups is 2. The molecule has 1 unspecified atom stereocenters. The van der Waals surface area contributed by atoms with Crippen LogP contribution in [0.4, 0.5) is 10.5 Å². The molecule has 0 aliphatic carbocycles. The van der Waals surface area contributed by atoms with Gasteiger partial charge in [-0.2, -0.15) is 4.31 Å². The molecule has 272 valence electrons. The second kappa shape index (κ2) is 15.8. The molecular formula is C34H41Cl3N4O8S. The second-order valence-corrected chi connectivity index (χ2v) is 14.3. The van der Waals surface area contributed by atoms with E-state index in [1.807, 2.05) is 0 Å². The van der Waals surface area contributed by atoms with Crippen molar-refractivity contribution in [3.63, 3.8) is 0 Å². The summed E-state index contributed by atoms with van der Waals surface area (Å²) in [4.78, 5) is 35.0. The molecule has 3 aliphatic rings. The van der Waals surface area contributed by atoms with Crippen LogP contribution in [0.2, 0.25) is 5.02 Å². The number of halogens is 3. The molecule has 50 heavy (non-hydrogen) atoms. The Bertz CT molecular complexity index is 1820. The molecular weight excluding hydrogens is 731 g/mol. The molecule has 16 heteroatoms. The van der Waals surface area contributed by atoms with Gasteiger partial charge in [-0.1, -0.05) is 23.7 Å². The number of rotatable bonds is 8. The van der Waals surface area contributed by atoms with Gasteiger partial charge in [0.1, 0.15) is 22.1 Å². The standard InChI is InChI=1S/C34H39ClN4O8S.2ClH/c1-36-14-12-25(13-15-36)37-16-18-38(19-17-37)33(41)47-34(23-6-5-7-26(20-23)44-2)28-21-24(35)8-10-29(28)39(32(34)40)48(42,43)31-11-9-27(45-3)22-30(31)46-4;;/h5-11,20-22,25H,12-19H2,1-4H3;2*1H. The van der Waals surface area contributed by atoms with Crippen molar-refractivity contribution in [2.75, 3.05) is 72.0 Å². The van der Waals surface area contributed by atoms with E-state index in [1.165, 1.54) is 57.7 Å². The summed E-state index contributed by atoms with van der Waals surface area (Å²) >= 11 is 6.49. The van der Waals surface area contributed by atoms with E-state index in [0.29, 0.717) is 48.0 Å². The summed E-state index contributed by atoms with van der Waals surface area (Å²) in [6.45, 7) is 4.15. The maximum absolute atomic E-state index is 14.9. The molecule has 0 radical (unpaired) electrons. The van der Waals surface area contributed by atoms with Crippen LogP contribution < -0.4 is 18.5 Å². The van der Waals surface area contributed by atoms with Gasteiger partial charge in [0.15, 0.2) is 0 Å². The van der Waals surface area contributed by atoms with Crippen molar-refractivity contribution in [2.24, 2.45) is 0 Å². The number of benzene rings is 3. The maximum atomic E-state index is 14.9. The van der Waals surface area contributed by atoms with Gasteiger partial charge in [0, 0.05) is 54.4 Å². The summed E-state index contributed by atoms with van der Waals surface area (Å²) in [5, 5.41) is 0.220. The SMILES string of the molecule is COc1cccc(C2(OC(=O)N3CCN(C4CCN(C)CC4)CC3)C(=O)N(S(=O)(=O)c3ccc(OC)cc3OC)c3ccc(Cl)cc32)c1.Cl.Cl. The summed E-state index contributed by atoms with van der Waals surface area (Å²) < 4.78 is 52.0. The quantitative estimate of drug-likeness (QED) is 0.309. The van der Waals surface area contributed by atoms with Crippen molar-refractivity contribution in [3.05, 3.63) is 76.8 Å². The van der Waals surface area contributed by atoms with E-state index in [2.05, 4.69) is 16.8 Å². The van der Waals surface area contributed by atoms with Crippen LogP contribution in [-0.4, -0.2) is 109 Å². The lowest BCUT2D eigenvalue weighted by molar-refractivity contribution is -0.132. The minimum absolute atomic E-state index is 0. The predicted octanol–water partition coefficient (Wildman–Crippen LogP) is 5.04. The Balaban J connectivity index is 0.00000281. The number of nitrogens with zero attached hydrogens (tertiary/aromatic N) is 4. The molecule has 3 heterocycles. The topological polar surface area (TPSA) is 118 Å². The van der Waals surface area contributed by atoms with Crippen LogP contribution >= 0.6 is 36.4 Å². The molecule has 2 amide bonds. The van der Waals surface area contributed by atoms with Crippen LogP contribution in [0.15, 0.2) is 65.6 Å². The van der Waals surface area contributed by atoms with Crippen LogP contribution in [0.5, 0.6) is 17.2 Å². The highest BCUT2D eigenvalue weighted by Gasteiger charge is 2.60.